The van der Waals surface area contributed by atoms with E-state index < -0.39 is 0 Å². The molecule has 4 rings (SSSR count). The summed E-state index contributed by atoms with van der Waals surface area (Å²) < 4.78 is 2.75. The predicted molar refractivity (Wildman–Crippen MR) is 102 cm³/mol. The normalized spacial score (nSPS) is 22.4. The Morgan fingerprint density at radius 2 is 2.15 bits per heavy atom. The Bertz CT molecular complexity index is 863. The van der Waals surface area contributed by atoms with Gasteiger partial charge in [0.25, 0.3) is 0 Å². The van der Waals surface area contributed by atoms with E-state index in [0.29, 0.717) is 6.54 Å². The van der Waals surface area contributed by atoms with Gasteiger partial charge in [0.1, 0.15) is 0 Å². The highest BCUT2D eigenvalue weighted by atomic mass is 79.9. The van der Waals surface area contributed by atoms with Crippen LogP contribution in [0.5, 0.6) is 0 Å². The van der Waals surface area contributed by atoms with Gasteiger partial charge < -0.3 is 10.2 Å². The second-order valence-corrected chi connectivity index (χ2v) is 7.83. The fourth-order valence-electron chi connectivity index (χ4n) is 3.93. The van der Waals surface area contributed by atoms with E-state index in [0.717, 1.165) is 35.0 Å². The summed E-state index contributed by atoms with van der Waals surface area (Å²) in [5.41, 5.74) is 3.12. The van der Waals surface area contributed by atoms with Crippen LogP contribution in [0.15, 0.2) is 34.9 Å². The van der Waals surface area contributed by atoms with Gasteiger partial charge in [0.05, 0.1) is 23.8 Å². The van der Waals surface area contributed by atoms with Gasteiger partial charge in [-0.05, 0) is 47.3 Å². The average Bonchev–Trinajstić information content (AvgIpc) is 3.20. The van der Waals surface area contributed by atoms with Crippen molar-refractivity contribution < 1.29 is 9.59 Å². The molecule has 1 aliphatic heterocycles. The summed E-state index contributed by atoms with van der Waals surface area (Å²) in [4.78, 5) is 27.0. The first-order valence-electron chi connectivity index (χ1n) is 8.90. The molecule has 1 N–H and O–H groups in total. The van der Waals surface area contributed by atoms with Crippen molar-refractivity contribution in [3.8, 4) is 0 Å². The number of anilines is 1. The highest BCUT2D eigenvalue weighted by Crippen LogP contribution is 2.33. The summed E-state index contributed by atoms with van der Waals surface area (Å²) >= 11 is 3.49. The summed E-state index contributed by atoms with van der Waals surface area (Å²) in [6.45, 7) is 0.417. The van der Waals surface area contributed by atoms with Crippen LogP contribution in [0.4, 0.5) is 5.69 Å². The summed E-state index contributed by atoms with van der Waals surface area (Å²) in [6, 6.07) is 7.60. The number of nitrogens with one attached hydrogen (secondary N) is 1. The molecule has 6 nitrogen and oxygen atoms in total. The van der Waals surface area contributed by atoms with Crippen LogP contribution in [0.3, 0.4) is 0 Å². The maximum absolute atomic E-state index is 12.8. The van der Waals surface area contributed by atoms with Crippen molar-refractivity contribution >= 4 is 33.4 Å². The number of aromatic nitrogens is 2. The molecule has 1 saturated heterocycles. The SMILES string of the molecule is Cn1ncc2c1CCC[C@H]2NC(=O)[C@H]1CC(=O)N(c2ccccc2Br)C1. The number of carbonyl (C=O) groups is 2. The largest absolute Gasteiger partial charge is 0.349 e. The third-order valence-electron chi connectivity index (χ3n) is 5.33. The van der Waals surface area contributed by atoms with Gasteiger partial charge in [0, 0.05) is 35.7 Å². The van der Waals surface area contributed by atoms with E-state index in [4.69, 9.17) is 0 Å². The standard InChI is InChI=1S/C19H21BrN4O2/c1-23-16-8-4-6-15(13(16)10-21-23)22-19(26)12-9-18(25)24(11-12)17-7-3-2-5-14(17)20/h2-3,5,7,10,12,15H,4,6,8-9,11H2,1H3,(H,22,26)/t12-,15+/m0/s1. The minimum atomic E-state index is -0.323. The Kier molecular flexibility index (Phi) is 4.56. The van der Waals surface area contributed by atoms with Gasteiger partial charge in [-0.25, -0.2) is 0 Å². The molecule has 2 amide bonds. The smallest absolute Gasteiger partial charge is 0.227 e. The fourth-order valence-corrected chi connectivity index (χ4v) is 4.43. The predicted octanol–water partition coefficient (Wildman–Crippen LogP) is 2.73. The number of hydrogen-bond acceptors (Lipinski definition) is 3. The molecule has 0 saturated carbocycles. The van der Waals surface area contributed by atoms with E-state index in [1.807, 2.05) is 42.2 Å². The number of carbonyl (C=O) groups excluding carboxylic acids is 2. The lowest BCUT2D eigenvalue weighted by Gasteiger charge is -2.25. The van der Waals surface area contributed by atoms with E-state index in [2.05, 4.69) is 26.3 Å². The molecular weight excluding hydrogens is 396 g/mol. The Morgan fingerprint density at radius 3 is 2.96 bits per heavy atom. The molecule has 2 atom stereocenters. The molecule has 26 heavy (non-hydrogen) atoms. The molecule has 1 aliphatic carbocycles. The lowest BCUT2D eigenvalue weighted by atomic mass is 9.92. The number of halogens is 1. The van der Waals surface area contributed by atoms with Gasteiger partial charge in [-0.1, -0.05) is 12.1 Å². The Balaban J connectivity index is 1.47. The molecule has 2 aromatic rings. The minimum Gasteiger partial charge on any atom is -0.349 e. The Morgan fingerprint density at radius 1 is 1.35 bits per heavy atom. The number of fused-ring (bicyclic) bond motifs is 1. The van der Waals surface area contributed by atoms with Crippen LogP contribution in [0.2, 0.25) is 0 Å². The van der Waals surface area contributed by atoms with E-state index in [1.165, 1.54) is 5.69 Å². The fraction of sp³-hybridized carbons (Fsp3) is 0.421. The van der Waals surface area contributed by atoms with Crippen LogP contribution >= 0.6 is 15.9 Å². The van der Waals surface area contributed by atoms with Crippen LogP contribution in [0.25, 0.3) is 0 Å². The van der Waals surface area contributed by atoms with Crippen LogP contribution in [0, 0.1) is 5.92 Å². The Hall–Kier alpha value is -2.15. The minimum absolute atomic E-state index is 0.00689. The van der Waals surface area contributed by atoms with Gasteiger partial charge in [-0.2, -0.15) is 5.10 Å². The third kappa shape index (κ3) is 3.05. The number of amides is 2. The number of aryl methyl sites for hydroxylation is 1. The first kappa shape index (κ1) is 17.3. The molecule has 1 fully saturated rings. The van der Waals surface area contributed by atoms with Crippen molar-refractivity contribution in [3.05, 3.63) is 46.2 Å². The Labute approximate surface area is 160 Å². The first-order chi connectivity index (χ1) is 12.5. The molecular formula is C19H21BrN4O2. The van der Waals surface area contributed by atoms with Crippen LogP contribution in [0.1, 0.15) is 36.6 Å². The molecule has 0 spiro atoms. The quantitative estimate of drug-likeness (QED) is 0.835. The second kappa shape index (κ2) is 6.87. The maximum atomic E-state index is 12.8. The third-order valence-corrected chi connectivity index (χ3v) is 6.00. The van der Waals surface area contributed by atoms with Crippen molar-refractivity contribution in [2.24, 2.45) is 13.0 Å². The lowest BCUT2D eigenvalue weighted by Crippen LogP contribution is -2.36. The van der Waals surface area contributed by atoms with E-state index in [1.54, 1.807) is 4.90 Å². The molecule has 2 aliphatic rings. The highest BCUT2D eigenvalue weighted by Gasteiger charge is 2.37. The first-order valence-corrected chi connectivity index (χ1v) is 9.70. The van der Waals surface area contributed by atoms with Gasteiger partial charge in [-0.15, -0.1) is 0 Å². The number of benzene rings is 1. The highest BCUT2D eigenvalue weighted by molar-refractivity contribution is 9.10. The van der Waals surface area contributed by atoms with Gasteiger partial charge in [-0.3, -0.25) is 14.3 Å². The molecule has 0 unspecified atom stereocenters. The summed E-state index contributed by atoms with van der Waals surface area (Å²) in [6.07, 6.45) is 5.05. The van der Waals surface area contributed by atoms with E-state index in [-0.39, 0.29) is 30.2 Å². The molecule has 136 valence electrons. The summed E-state index contributed by atoms with van der Waals surface area (Å²) in [5.74, 6) is -0.381. The molecule has 0 bridgehead atoms. The molecule has 0 radical (unpaired) electrons. The zero-order valence-electron chi connectivity index (χ0n) is 14.6. The van der Waals surface area contributed by atoms with Crippen molar-refractivity contribution in [1.82, 2.24) is 15.1 Å². The zero-order chi connectivity index (χ0) is 18.3. The molecule has 7 heteroatoms. The number of nitrogens with zero attached hydrogens (tertiary/aromatic N) is 3. The van der Waals surface area contributed by atoms with E-state index in [9.17, 15) is 9.59 Å². The monoisotopic (exact) mass is 416 g/mol. The van der Waals surface area contributed by atoms with Crippen molar-refractivity contribution in [2.45, 2.75) is 31.7 Å². The molecule has 2 heterocycles. The maximum Gasteiger partial charge on any atom is 0.227 e. The van der Waals surface area contributed by atoms with Crippen molar-refractivity contribution in [1.29, 1.82) is 0 Å². The number of hydrogen-bond donors (Lipinski definition) is 1. The molecule has 1 aromatic carbocycles. The van der Waals surface area contributed by atoms with Crippen molar-refractivity contribution in [3.63, 3.8) is 0 Å². The second-order valence-electron chi connectivity index (χ2n) is 6.98. The van der Waals surface area contributed by atoms with Gasteiger partial charge in [0.15, 0.2) is 0 Å². The number of para-hydroxylation sites is 1. The van der Waals surface area contributed by atoms with Crippen LogP contribution < -0.4 is 10.2 Å². The number of rotatable bonds is 3. The average molecular weight is 417 g/mol. The lowest BCUT2D eigenvalue weighted by molar-refractivity contribution is -0.127. The summed E-state index contributed by atoms with van der Waals surface area (Å²) in [5, 5.41) is 7.48. The van der Waals surface area contributed by atoms with Crippen molar-refractivity contribution in [2.75, 3.05) is 11.4 Å². The summed E-state index contributed by atoms with van der Waals surface area (Å²) in [7, 11) is 1.94. The van der Waals surface area contributed by atoms with Gasteiger partial charge >= 0.3 is 0 Å². The zero-order valence-corrected chi connectivity index (χ0v) is 16.2. The van der Waals surface area contributed by atoms with Gasteiger partial charge in [0.2, 0.25) is 11.8 Å². The topological polar surface area (TPSA) is 67.2 Å². The van der Waals surface area contributed by atoms with Crippen LogP contribution in [-0.2, 0) is 23.1 Å². The van der Waals surface area contributed by atoms with Crippen LogP contribution in [-0.4, -0.2) is 28.1 Å². The molecule has 1 aromatic heterocycles. The van der Waals surface area contributed by atoms with E-state index >= 15 is 0 Å².